The molecule has 1 aromatic carbocycles. The summed E-state index contributed by atoms with van der Waals surface area (Å²) in [6.07, 6.45) is 2.35. The van der Waals surface area contributed by atoms with Crippen molar-refractivity contribution in [3.8, 4) is 0 Å². The molecule has 2 nitrogen and oxygen atoms in total. The van der Waals surface area contributed by atoms with Crippen molar-refractivity contribution >= 4 is 10.9 Å². The first-order valence-corrected chi connectivity index (χ1v) is 5.69. The van der Waals surface area contributed by atoms with Gasteiger partial charge in [0.05, 0.1) is 11.6 Å². The van der Waals surface area contributed by atoms with Gasteiger partial charge in [0.1, 0.15) is 0 Å². The Kier molecular flexibility index (Phi) is 3.20. The number of benzene rings is 1. The predicted molar refractivity (Wildman–Crippen MR) is 66.5 cm³/mol. The smallest absolute Gasteiger partial charge is 0.0704 e. The van der Waals surface area contributed by atoms with Crippen molar-refractivity contribution in [1.29, 1.82) is 0 Å². The van der Waals surface area contributed by atoms with Crippen LogP contribution in [-0.2, 0) is 0 Å². The molecule has 2 atom stereocenters. The van der Waals surface area contributed by atoms with Crippen molar-refractivity contribution in [3.05, 3.63) is 42.1 Å². The Bertz CT molecular complexity index is 479. The summed E-state index contributed by atoms with van der Waals surface area (Å²) >= 11 is 0. The zero-order valence-electron chi connectivity index (χ0n) is 9.72. The lowest BCUT2D eigenvalue weighted by molar-refractivity contribution is 0.176. The molecule has 1 aromatic heterocycles. The third-order valence-corrected chi connectivity index (χ3v) is 2.89. The molecule has 0 aliphatic heterocycles. The summed E-state index contributed by atoms with van der Waals surface area (Å²) in [5.74, 6) is 0.367. The molecule has 0 spiro atoms. The lowest BCUT2D eigenvalue weighted by Gasteiger charge is -2.14. The van der Waals surface area contributed by atoms with Crippen molar-refractivity contribution in [1.82, 2.24) is 4.98 Å². The zero-order chi connectivity index (χ0) is 11.5. The number of hydrogen-bond acceptors (Lipinski definition) is 2. The second-order valence-corrected chi connectivity index (χ2v) is 4.44. The molecular formula is C14H17NO. The lowest BCUT2D eigenvalue weighted by Crippen LogP contribution is -2.05. The van der Waals surface area contributed by atoms with Crippen LogP contribution in [0.25, 0.3) is 10.9 Å². The van der Waals surface area contributed by atoms with E-state index in [9.17, 15) is 5.11 Å². The summed E-state index contributed by atoms with van der Waals surface area (Å²) in [7, 11) is 0. The zero-order valence-corrected chi connectivity index (χ0v) is 9.72. The quantitative estimate of drug-likeness (QED) is 0.853. The maximum atomic E-state index is 9.38. The van der Waals surface area contributed by atoms with Crippen LogP contribution in [0.4, 0.5) is 0 Å². The van der Waals surface area contributed by atoms with Crippen LogP contribution in [0.2, 0.25) is 0 Å². The van der Waals surface area contributed by atoms with E-state index in [1.165, 1.54) is 5.56 Å². The summed E-state index contributed by atoms with van der Waals surface area (Å²) in [6, 6.07) is 10.3. The van der Waals surface area contributed by atoms with E-state index in [4.69, 9.17) is 0 Å². The molecule has 84 valence electrons. The summed E-state index contributed by atoms with van der Waals surface area (Å²) in [4.78, 5) is 4.34. The SMILES string of the molecule is CC(O)CC(C)c1ccc2cccnc2c1. The van der Waals surface area contributed by atoms with Crippen LogP contribution in [0, 0.1) is 0 Å². The van der Waals surface area contributed by atoms with Gasteiger partial charge >= 0.3 is 0 Å². The first-order valence-electron chi connectivity index (χ1n) is 5.69. The number of aromatic nitrogens is 1. The van der Waals surface area contributed by atoms with E-state index < -0.39 is 0 Å². The number of hydrogen-bond donors (Lipinski definition) is 1. The number of nitrogens with zero attached hydrogens (tertiary/aromatic N) is 1. The fourth-order valence-electron chi connectivity index (χ4n) is 2.04. The summed E-state index contributed by atoms with van der Waals surface area (Å²) < 4.78 is 0. The number of aliphatic hydroxyl groups is 1. The van der Waals surface area contributed by atoms with E-state index in [1.807, 2.05) is 19.2 Å². The predicted octanol–water partition coefficient (Wildman–Crippen LogP) is 3.11. The van der Waals surface area contributed by atoms with Gasteiger partial charge in [0.15, 0.2) is 0 Å². The van der Waals surface area contributed by atoms with Crippen molar-refractivity contribution < 1.29 is 5.11 Å². The van der Waals surface area contributed by atoms with Gasteiger partial charge in [0, 0.05) is 11.6 Å². The van der Waals surface area contributed by atoms with E-state index in [-0.39, 0.29) is 6.10 Å². The van der Waals surface area contributed by atoms with Gasteiger partial charge in [0.2, 0.25) is 0 Å². The molecule has 0 bridgehead atoms. The van der Waals surface area contributed by atoms with E-state index in [1.54, 1.807) is 0 Å². The standard InChI is InChI=1S/C14H17NO/c1-10(8-11(2)16)13-6-5-12-4-3-7-15-14(12)9-13/h3-7,9-11,16H,8H2,1-2H3. The van der Waals surface area contributed by atoms with Crippen molar-refractivity contribution in [3.63, 3.8) is 0 Å². The normalized spacial score (nSPS) is 14.9. The Morgan fingerprint density at radius 1 is 1.25 bits per heavy atom. The average molecular weight is 215 g/mol. The van der Waals surface area contributed by atoms with Gasteiger partial charge in [-0.05, 0) is 37.0 Å². The Morgan fingerprint density at radius 3 is 2.81 bits per heavy atom. The number of fused-ring (bicyclic) bond motifs is 1. The topological polar surface area (TPSA) is 33.1 Å². The first kappa shape index (κ1) is 11.1. The molecule has 0 saturated heterocycles. The molecule has 2 unspecified atom stereocenters. The molecule has 0 amide bonds. The maximum Gasteiger partial charge on any atom is 0.0704 e. The minimum atomic E-state index is -0.255. The van der Waals surface area contributed by atoms with E-state index in [0.717, 1.165) is 17.3 Å². The monoisotopic (exact) mass is 215 g/mol. The van der Waals surface area contributed by atoms with Gasteiger partial charge in [-0.3, -0.25) is 4.98 Å². The minimum absolute atomic E-state index is 0.255. The molecule has 1 heterocycles. The highest BCUT2D eigenvalue weighted by Gasteiger charge is 2.09. The molecule has 0 fully saturated rings. The van der Waals surface area contributed by atoms with Gasteiger partial charge in [-0.2, -0.15) is 0 Å². The van der Waals surface area contributed by atoms with Crippen LogP contribution in [0.3, 0.4) is 0 Å². The van der Waals surface area contributed by atoms with Crippen LogP contribution >= 0.6 is 0 Å². The number of aliphatic hydroxyl groups excluding tert-OH is 1. The van der Waals surface area contributed by atoms with Crippen molar-refractivity contribution in [2.75, 3.05) is 0 Å². The second-order valence-electron chi connectivity index (χ2n) is 4.44. The maximum absolute atomic E-state index is 9.38. The highest BCUT2D eigenvalue weighted by atomic mass is 16.3. The van der Waals surface area contributed by atoms with Gasteiger partial charge in [-0.1, -0.05) is 25.1 Å². The van der Waals surface area contributed by atoms with Crippen LogP contribution < -0.4 is 0 Å². The molecule has 0 radical (unpaired) electrons. The van der Waals surface area contributed by atoms with Gasteiger partial charge in [0.25, 0.3) is 0 Å². The van der Waals surface area contributed by atoms with Gasteiger partial charge in [-0.25, -0.2) is 0 Å². The average Bonchev–Trinajstić information content (AvgIpc) is 2.27. The fraction of sp³-hybridized carbons (Fsp3) is 0.357. The summed E-state index contributed by atoms with van der Waals surface area (Å²) in [6.45, 7) is 3.96. The van der Waals surface area contributed by atoms with Gasteiger partial charge < -0.3 is 5.11 Å². The molecule has 0 aliphatic carbocycles. The Labute approximate surface area is 96.0 Å². The summed E-state index contributed by atoms with van der Waals surface area (Å²) in [5, 5.41) is 10.5. The molecule has 2 aromatic rings. The van der Waals surface area contributed by atoms with E-state index >= 15 is 0 Å². The number of pyridine rings is 1. The molecular weight excluding hydrogens is 198 g/mol. The first-order chi connectivity index (χ1) is 7.66. The Balaban J connectivity index is 2.32. The Hall–Kier alpha value is -1.41. The lowest BCUT2D eigenvalue weighted by atomic mass is 9.94. The Morgan fingerprint density at radius 2 is 2.06 bits per heavy atom. The van der Waals surface area contributed by atoms with Crippen LogP contribution in [-0.4, -0.2) is 16.2 Å². The largest absolute Gasteiger partial charge is 0.393 e. The molecule has 2 heteroatoms. The second kappa shape index (κ2) is 4.62. The highest BCUT2D eigenvalue weighted by Crippen LogP contribution is 2.23. The van der Waals surface area contributed by atoms with E-state index in [2.05, 4.69) is 36.2 Å². The highest BCUT2D eigenvalue weighted by molar-refractivity contribution is 5.78. The van der Waals surface area contributed by atoms with Crippen LogP contribution in [0.1, 0.15) is 31.7 Å². The third kappa shape index (κ3) is 2.39. The molecule has 0 aliphatic rings. The molecule has 1 N–H and O–H groups in total. The van der Waals surface area contributed by atoms with Crippen LogP contribution in [0.5, 0.6) is 0 Å². The molecule has 16 heavy (non-hydrogen) atoms. The third-order valence-electron chi connectivity index (χ3n) is 2.89. The summed E-state index contributed by atoms with van der Waals surface area (Å²) in [5.41, 5.74) is 2.27. The van der Waals surface area contributed by atoms with Crippen molar-refractivity contribution in [2.24, 2.45) is 0 Å². The number of rotatable bonds is 3. The van der Waals surface area contributed by atoms with Crippen molar-refractivity contribution in [2.45, 2.75) is 32.3 Å². The minimum Gasteiger partial charge on any atom is -0.393 e. The molecule has 0 saturated carbocycles. The molecule has 2 rings (SSSR count). The fourth-order valence-corrected chi connectivity index (χ4v) is 2.04. The van der Waals surface area contributed by atoms with Gasteiger partial charge in [-0.15, -0.1) is 0 Å². The van der Waals surface area contributed by atoms with E-state index in [0.29, 0.717) is 5.92 Å². The van der Waals surface area contributed by atoms with Crippen LogP contribution in [0.15, 0.2) is 36.5 Å².